The quantitative estimate of drug-likeness (QED) is 0.476. The number of ether oxygens (including phenoxy) is 3. The van der Waals surface area contributed by atoms with Gasteiger partial charge in [-0.25, -0.2) is 9.97 Å². The van der Waals surface area contributed by atoms with Gasteiger partial charge < -0.3 is 24.4 Å². The normalized spacial score (nSPS) is 21.4. The van der Waals surface area contributed by atoms with Crippen LogP contribution in [0.25, 0.3) is 0 Å². The summed E-state index contributed by atoms with van der Waals surface area (Å²) in [6.45, 7) is 3.59. The van der Waals surface area contributed by atoms with Crippen LogP contribution >= 0.6 is 23.2 Å². The molecule has 0 spiro atoms. The molecule has 1 aromatic carbocycles. The molecular weight excluding hydrogens is 479 g/mol. The molecule has 0 amide bonds. The summed E-state index contributed by atoms with van der Waals surface area (Å²) >= 11 is 12.8. The summed E-state index contributed by atoms with van der Waals surface area (Å²) in [4.78, 5) is 11.2. The highest BCUT2D eigenvalue weighted by atomic mass is 35.5. The number of nitrogens with one attached hydrogen (secondary N) is 1. The first-order valence-corrected chi connectivity index (χ1v) is 11.9. The fourth-order valence-corrected chi connectivity index (χ4v) is 5.23. The molecule has 2 bridgehead atoms. The van der Waals surface area contributed by atoms with E-state index in [4.69, 9.17) is 37.4 Å². The van der Waals surface area contributed by atoms with Crippen LogP contribution in [0.4, 0.5) is 11.6 Å². The molecule has 3 aliphatic heterocycles. The molecule has 5 heterocycles. The number of nitrogens with zero attached hydrogens (tertiary/aromatic N) is 5. The standard InChI is InChI=1S/C23H26Cl2N6O3/c1-32-19-7-20(33-2)22(25)17(21(19)24)13-34-16-9-26-23(27-10-16)29-15-8-28-31(11-15)18-12-30-5-3-14(18)4-6-30/h7-11,14,18H,3-6,12-13H2,1-2H3,(H,26,27,29). The van der Waals surface area contributed by atoms with Crippen LogP contribution in [0, 0.1) is 5.92 Å². The molecule has 9 nitrogen and oxygen atoms in total. The summed E-state index contributed by atoms with van der Waals surface area (Å²) in [5.74, 6) is 2.55. The zero-order valence-corrected chi connectivity index (χ0v) is 20.5. The van der Waals surface area contributed by atoms with E-state index in [0.29, 0.717) is 50.8 Å². The molecule has 34 heavy (non-hydrogen) atoms. The largest absolute Gasteiger partial charge is 0.495 e. The number of benzene rings is 1. The molecule has 1 unspecified atom stereocenters. The maximum atomic E-state index is 6.41. The second kappa shape index (κ2) is 9.85. The Hall–Kier alpha value is -2.75. The second-order valence-corrected chi connectivity index (χ2v) is 9.21. The Labute approximate surface area is 207 Å². The van der Waals surface area contributed by atoms with Crippen molar-refractivity contribution in [2.45, 2.75) is 25.5 Å². The third kappa shape index (κ3) is 4.60. The molecule has 1 N–H and O–H groups in total. The molecule has 1 atom stereocenters. The lowest BCUT2D eigenvalue weighted by Gasteiger charge is -2.44. The SMILES string of the molecule is COc1cc(OC)c(Cl)c(COc2cnc(Nc3cnn(C4CN5CCC4CC5)c3)nc2)c1Cl. The van der Waals surface area contributed by atoms with E-state index in [1.54, 1.807) is 18.5 Å². The van der Waals surface area contributed by atoms with Gasteiger partial charge in [0.05, 0.1) is 54.6 Å². The first-order chi connectivity index (χ1) is 16.6. The highest BCUT2D eigenvalue weighted by molar-refractivity contribution is 6.37. The first kappa shape index (κ1) is 23.0. The minimum absolute atomic E-state index is 0.105. The lowest BCUT2D eigenvalue weighted by molar-refractivity contribution is 0.0513. The van der Waals surface area contributed by atoms with Crippen LogP contribution < -0.4 is 19.5 Å². The van der Waals surface area contributed by atoms with E-state index in [9.17, 15) is 0 Å². The van der Waals surface area contributed by atoms with E-state index >= 15 is 0 Å². The topological polar surface area (TPSA) is 86.6 Å². The summed E-state index contributed by atoms with van der Waals surface area (Å²) in [5, 5.41) is 8.52. The van der Waals surface area contributed by atoms with Crippen LogP contribution in [0.3, 0.4) is 0 Å². The average molecular weight is 505 g/mol. The molecule has 180 valence electrons. The van der Waals surface area contributed by atoms with Crippen LogP contribution in [-0.4, -0.2) is 58.5 Å². The monoisotopic (exact) mass is 504 g/mol. The minimum Gasteiger partial charge on any atom is -0.495 e. The molecule has 6 rings (SSSR count). The Morgan fingerprint density at radius 1 is 1.03 bits per heavy atom. The van der Waals surface area contributed by atoms with Crippen molar-refractivity contribution in [1.29, 1.82) is 0 Å². The Kier molecular flexibility index (Phi) is 6.67. The Morgan fingerprint density at radius 2 is 1.71 bits per heavy atom. The summed E-state index contributed by atoms with van der Waals surface area (Å²) in [7, 11) is 3.05. The molecule has 3 aromatic rings. The van der Waals surface area contributed by atoms with Gasteiger partial charge in [0.2, 0.25) is 5.95 Å². The lowest BCUT2D eigenvalue weighted by atomic mass is 9.84. The van der Waals surface area contributed by atoms with Gasteiger partial charge in [-0.2, -0.15) is 5.10 Å². The Morgan fingerprint density at radius 3 is 2.29 bits per heavy atom. The van der Waals surface area contributed by atoms with Gasteiger partial charge in [0.15, 0.2) is 5.75 Å². The number of halogens is 2. The van der Waals surface area contributed by atoms with Crippen LogP contribution in [-0.2, 0) is 6.61 Å². The summed E-state index contributed by atoms with van der Waals surface area (Å²) in [6, 6.07) is 2.07. The molecule has 0 saturated carbocycles. The van der Waals surface area contributed by atoms with Gasteiger partial charge >= 0.3 is 0 Å². The van der Waals surface area contributed by atoms with Crippen molar-refractivity contribution in [3.05, 3.63) is 46.5 Å². The molecule has 0 aliphatic carbocycles. The van der Waals surface area contributed by atoms with E-state index < -0.39 is 0 Å². The van der Waals surface area contributed by atoms with Crippen LogP contribution in [0.15, 0.2) is 30.9 Å². The van der Waals surface area contributed by atoms with Gasteiger partial charge in [0.25, 0.3) is 0 Å². The maximum Gasteiger partial charge on any atom is 0.227 e. The van der Waals surface area contributed by atoms with Crippen molar-refractivity contribution in [1.82, 2.24) is 24.6 Å². The van der Waals surface area contributed by atoms with Crippen LogP contribution in [0.1, 0.15) is 24.4 Å². The fraction of sp³-hybridized carbons (Fsp3) is 0.435. The Balaban J connectivity index is 1.22. The van der Waals surface area contributed by atoms with Crippen LogP contribution in [0.5, 0.6) is 17.2 Å². The molecule has 3 fully saturated rings. The van der Waals surface area contributed by atoms with E-state index in [-0.39, 0.29) is 6.61 Å². The lowest BCUT2D eigenvalue weighted by Crippen LogP contribution is -2.48. The maximum absolute atomic E-state index is 6.41. The number of aromatic nitrogens is 4. The van der Waals surface area contributed by atoms with Gasteiger partial charge in [0, 0.05) is 24.4 Å². The van der Waals surface area contributed by atoms with Gasteiger partial charge in [0.1, 0.15) is 18.1 Å². The fourth-order valence-electron chi connectivity index (χ4n) is 4.62. The number of rotatable bonds is 8. The summed E-state index contributed by atoms with van der Waals surface area (Å²) in [5.41, 5.74) is 1.41. The number of methoxy groups -OCH3 is 2. The van der Waals surface area contributed by atoms with E-state index in [2.05, 4.69) is 30.0 Å². The smallest absolute Gasteiger partial charge is 0.227 e. The summed E-state index contributed by atoms with van der Waals surface area (Å²) in [6.07, 6.45) is 9.51. The molecule has 3 aliphatic rings. The molecule has 3 saturated heterocycles. The highest BCUT2D eigenvalue weighted by Gasteiger charge is 2.35. The van der Waals surface area contributed by atoms with Crippen molar-refractivity contribution < 1.29 is 14.2 Å². The minimum atomic E-state index is 0.105. The van der Waals surface area contributed by atoms with Crippen LogP contribution in [0.2, 0.25) is 10.0 Å². The average Bonchev–Trinajstić information content (AvgIpc) is 3.34. The number of hydrogen-bond donors (Lipinski definition) is 1. The van der Waals surface area contributed by atoms with Gasteiger partial charge in [-0.1, -0.05) is 23.2 Å². The molecule has 11 heteroatoms. The third-order valence-electron chi connectivity index (χ3n) is 6.49. The zero-order chi connectivity index (χ0) is 23.7. The molecular formula is C23H26Cl2N6O3. The number of fused-ring (bicyclic) bond motifs is 3. The second-order valence-electron chi connectivity index (χ2n) is 8.46. The molecule has 0 radical (unpaired) electrons. The Bertz CT molecular complexity index is 1120. The highest BCUT2D eigenvalue weighted by Crippen LogP contribution is 2.41. The predicted molar refractivity (Wildman–Crippen MR) is 130 cm³/mol. The predicted octanol–water partition coefficient (Wildman–Crippen LogP) is 4.59. The number of hydrogen-bond acceptors (Lipinski definition) is 8. The zero-order valence-electron chi connectivity index (χ0n) is 19.0. The summed E-state index contributed by atoms with van der Waals surface area (Å²) < 4.78 is 18.5. The van der Waals surface area contributed by atoms with Crippen molar-refractivity contribution in [3.63, 3.8) is 0 Å². The van der Waals surface area contributed by atoms with Crippen molar-refractivity contribution in [2.24, 2.45) is 5.92 Å². The first-order valence-electron chi connectivity index (χ1n) is 11.1. The van der Waals surface area contributed by atoms with Crippen molar-refractivity contribution in [3.8, 4) is 17.2 Å². The molecule has 2 aromatic heterocycles. The van der Waals surface area contributed by atoms with E-state index in [1.165, 1.54) is 40.2 Å². The number of anilines is 2. The van der Waals surface area contributed by atoms with Crippen molar-refractivity contribution in [2.75, 3.05) is 39.2 Å². The third-order valence-corrected chi connectivity index (χ3v) is 7.32. The van der Waals surface area contributed by atoms with E-state index in [0.717, 1.165) is 12.2 Å². The van der Waals surface area contributed by atoms with Crippen molar-refractivity contribution >= 4 is 34.8 Å². The van der Waals surface area contributed by atoms with Gasteiger partial charge in [-0.3, -0.25) is 4.68 Å². The van der Waals surface area contributed by atoms with E-state index in [1.807, 2.05) is 12.4 Å². The number of piperidine rings is 3. The van der Waals surface area contributed by atoms with Gasteiger partial charge in [-0.15, -0.1) is 0 Å². The van der Waals surface area contributed by atoms with Gasteiger partial charge in [-0.05, 0) is 31.8 Å².